The van der Waals surface area contributed by atoms with E-state index in [4.69, 9.17) is 13.9 Å². The van der Waals surface area contributed by atoms with Gasteiger partial charge in [-0.2, -0.15) is 0 Å². The number of benzene rings is 1. The number of aliphatic hydroxyl groups excluding tert-OH is 1. The van der Waals surface area contributed by atoms with Gasteiger partial charge in [-0.25, -0.2) is 0 Å². The highest BCUT2D eigenvalue weighted by atomic mass is 16.5. The fourth-order valence-electron chi connectivity index (χ4n) is 4.51. The number of hydrogen-bond donors (Lipinski definition) is 1. The number of furan rings is 1. The maximum absolute atomic E-state index is 13.1. The molecule has 1 N–H and O–H groups in total. The average molecular weight is 425 g/mol. The van der Waals surface area contributed by atoms with Crippen LogP contribution in [0.25, 0.3) is 5.76 Å². The fourth-order valence-corrected chi connectivity index (χ4v) is 4.51. The summed E-state index contributed by atoms with van der Waals surface area (Å²) in [5.41, 5.74) is 0.364. The van der Waals surface area contributed by atoms with Crippen LogP contribution in [0.2, 0.25) is 0 Å². The SMILES string of the molecule is CCOc1ccc(/C(O)=C2/C(=O)C(=O)N(C3CCCC3)C2c2ccco2)c(OCC)c1. The maximum Gasteiger partial charge on any atom is 0.296 e. The number of ketones is 1. The smallest absolute Gasteiger partial charge is 0.296 e. The van der Waals surface area contributed by atoms with Gasteiger partial charge in [-0.1, -0.05) is 12.8 Å². The first-order valence-electron chi connectivity index (χ1n) is 10.8. The number of Topliss-reactive ketones (excluding diaryl/α,β-unsaturated/α-hetero) is 1. The highest BCUT2D eigenvalue weighted by Crippen LogP contribution is 2.44. The molecule has 2 aliphatic rings. The van der Waals surface area contributed by atoms with Crippen LogP contribution in [-0.4, -0.2) is 41.0 Å². The largest absolute Gasteiger partial charge is 0.507 e. The van der Waals surface area contributed by atoms with Crippen molar-refractivity contribution in [3.8, 4) is 11.5 Å². The van der Waals surface area contributed by atoms with Crippen LogP contribution in [0, 0.1) is 0 Å². The molecule has 31 heavy (non-hydrogen) atoms. The number of amides is 1. The molecule has 1 aliphatic carbocycles. The number of rotatable bonds is 7. The first-order valence-corrected chi connectivity index (χ1v) is 10.8. The van der Waals surface area contributed by atoms with E-state index in [9.17, 15) is 14.7 Å². The van der Waals surface area contributed by atoms with E-state index in [2.05, 4.69) is 0 Å². The summed E-state index contributed by atoms with van der Waals surface area (Å²) in [5, 5.41) is 11.3. The van der Waals surface area contributed by atoms with Crippen molar-refractivity contribution in [3.63, 3.8) is 0 Å². The Morgan fingerprint density at radius 1 is 1.13 bits per heavy atom. The van der Waals surface area contributed by atoms with E-state index in [0.717, 1.165) is 25.7 Å². The molecule has 0 bridgehead atoms. The van der Waals surface area contributed by atoms with Crippen LogP contribution < -0.4 is 9.47 Å². The third-order valence-electron chi connectivity index (χ3n) is 5.83. The molecular weight excluding hydrogens is 398 g/mol. The topological polar surface area (TPSA) is 89.2 Å². The molecule has 1 saturated carbocycles. The fraction of sp³-hybridized carbons (Fsp3) is 0.417. The van der Waals surface area contributed by atoms with Gasteiger partial charge in [-0.3, -0.25) is 9.59 Å². The second-order valence-electron chi connectivity index (χ2n) is 7.68. The predicted molar refractivity (Wildman–Crippen MR) is 114 cm³/mol. The van der Waals surface area contributed by atoms with E-state index in [1.165, 1.54) is 6.26 Å². The Labute approximate surface area is 181 Å². The summed E-state index contributed by atoms with van der Waals surface area (Å²) in [6.07, 6.45) is 5.18. The molecule has 4 rings (SSSR count). The Balaban J connectivity index is 1.85. The minimum atomic E-state index is -0.765. The zero-order valence-corrected chi connectivity index (χ0v) is 17.8. The highest BCUT2D eigenvalue weighted by molar-refractivity contribution is 6.46. The van der Waals surface area contributed by atoms with Crippen molar-refractivity contribution in [1.29, 1.82) is 0 Å². The van der Waals surface area contributed by atoms with Gasteiger partial charge in [0.1, 0.15) is 29.1 Å². The number of nitrogens with zero attached hydrogens (tertiary/aromatic N) is 1. The van der Waals surface area contributed by atoms with Crippen molar-refractivity contribution in [1.82, 2.24) is 4.90 Å². The van der Waals surface area contributed by atoms with Crippen molar-refractivity contribution < 1.29 is 28.6 Å². The van der Waals surface area contributed by atoms with Gasteiger partial charge in [0.25, 0.3) is 11.7 Å². The summed E-state index contributed by atoms with van der Waals surface area (Å²) in [6, 6.07) is 7.66. The molecule has 2 heterocycles. The van der Waals surface area contributed by atoms with Crippen molar-refractivity contribution in [2.45, 2.75) is 51.6 Å². The van der Waals surface area contributed by atoms with Gasteiger partial charge in [-0.15, -0.1) is 0 Å². The zero-order chi connectivity index (χ0) is 22.0. The quantitative estimate of drug-likeness (QED) is 0.401. The van der Waals surface area contributed by atoms with Gasteiger partial charge in [-0.05, 0) is 51.0 Å². The van der Waals surface area contributed by atoms with Crippen LogP contribution in [0.3, 0.4) is 0 Å². The van der Waals surface area contributed by atoms with Gasteiger partial charge in [0, 0.05) is 12.1 Å². The standard InChI is InChI=1S/C24H27NO6/c1-3-29-16-11-12-17(19(14-16)30-4-2)22(26)20-21(18-10-7-13-31-18)25(24(28)23(20)27)15-8-5-6-9-15/h7,10-15,21,26H,3-6,8-9H2,1-2H3/b22-20-. The van der Waals surface area contributed by atoms with Gasteiger partial charge in [0.15, 0.2) is 0 Å². The molecule has 1 aliphatic heterocycles. The molecule has 2 aromatic rings. The molecule has 2 fully saturated rings. The van der Waals surface area contributed by atoms with Crippen LogP contribution in [0.15, 0.2) is 46.6 Å². The lowest BCUT2D eigenvalue weighted by Crippen LogP contribution is -2.37. The molecule has 1 aromatic carbocycles. The second-order valence-corrected chi connectivity index (χ2v) is 7.68. The molecular formula is C24H27NO6. The monoisotopic (exact) mass is 425 g/mol. The van der Waals surface area contributed by atoms with Crippen molar-refractivity contribution in [2.24, 2.45) is 0 Å². The lowest BCUT2D eigenvalue weighted by atomic mass is 9.98. The van der Waals surface area contributed by atoms with E-state index >= 15 is 0 Å². The lowest BCUT2D eigenvalue weighted by molar-refractivity contribution is -0.141. The Kier molecular flexibility index (Phi) is 6.02. The van der Waals surface area contributed by atoms with Gasteiger partial charge in [0.05, 0.1) is 30.6 Å². The van der Waals surface area contributed by atoms with Crippen molar-refractivity contribution >= 4 is 17.4 Å². The summed E-state index contributed by atoms with van der Waals surface area (Å²) in [6.45, 7) is 4.57. The first-order chi connectivity index (χ1) is 15.1. The Bertz CT molecular complexity index is 988. The van der Waals surface area contributed by atoms with Crippen LogP contribution in [0.1, 0.15) is 56.9 Å². The Morgan fingerprint density at radius 3 is 2.52 bits per heavy atom. The van der Waals surface area contributed by atoms with Gasteiger partial charge in [0.2, 0.25) is 0 Å². The minimum absolute atomic E-state index is 0.0250. The molecule has 1 atom stereocenters. The molecule has 1 aromatic heterocycles. The zero-order valence-electron chi connectivity index (χ0n) is 17.8. The van der Waals surface area contributed by atoms with E-state index < -0.39 is 17.7 Å². The number of hydrogen-bond acceptors (Lipinski definition) is 6. The maximum atomic E-state index is 13.1. The number of aliphatic hydroxyl groups is 1. The van der Waals surface area contributed by atoms with Crippen molar-refractivity contribution in [2.75, 3.05) is 13.2 Å². The molecule has 0 radical (unpaired) electrons. The van der Waals surface area contributed by atoms with Crippen LogP contribution in [0.5, 0.6) is 11.5 Å². The predicted octanol–water partition coefficient (Wildman–Crippen LogP) is 4.44. The lowest BCUT2D eigenvalue weighted by Gasteiger charge is -2.29. The molecule has 1 unspecified atom stereocenters. The summed E-state index contributed by atoms with van der Waals surface area (Å²) in [7, 11) is 0. The third-order valence-corrected chi connectivity index (χ3v) is 5.83. The molecule has 1 saturated heterocycles. The van der Waals surface area contributed by atoms with E-state index in [1.807, 2.05) is 13.8 Å². The van der Waals surface area contributed by atoms with Gasteiger partial charge >= 0.3 is 0 Å². The summed E-state index contributed by atoms with van der Waals surface area (Å²) >= 11 is 0. The Morgan fingerprint density at radius 2 is 1.87 bits per heavy atom. The molecule has 7 nitrogen and oxygen atoms in total. The normalized spacial score (nSPS) is 21.1. The molecule has 7 heteroatoms. The second kappa shape index (κ2) is 8.88. The minimum Gasteiger partial charge on any atom is -0.507 e. The van der Waals surface area contributed by atoms with E-state index in [1.54, 1.807) is 35.2 Å². The average Bonchev–Trinajstić information content (AvgIpc) is 3.51. The van der Waals surface area contributed by atoms with Crippen LogP contribution in [0.4, 0.5) is 0 Å². The molecule has 164 valence electrons. The number of carbonyl (C=O) groups excluding carboxylic acids is 2. The highest BCUT2D eigenvalue weighted by Gasteiger charge is 2.50. The van der Waals surface area contributed by atoms with Crippen LogP contribution >= 0.6 is 0 Å². The number of ether oxygens (including phenoxy) is 2. The summed E-state index contributed by atoms with van der Waals surface area (Å²) < 4.78 is 16.9. The number of carbonyl (C=O) groups is 2. The number of likely N-dealkylation sites (tertiary alicyclic amines) is 1. The van der Waals surface area contributed by atoms with E-state index in [0.29, 0.717) is 36.0 Å². The van der Waals surface area contributed by atoms with Crippen molar-refractivity contribution in [3.05, 3.63) is 53.5 Å². The van der Waals surface area contributed by atoms with E-state index in [-0.39, 0.29) is 17.4 Å². The summed E-state index contributed by atoms with van der Waals surface area (Å²) in [5.74, 6) is -0.142. The van der Waals surface area contributed by atoms with Crippen LogP contribution in [-0.2, 0) is 9.59 Å². The molecule has 0 spiro atoms. The first kappa shape index (κ1) is 21.0. The Hall–Kier alpha value is -3.22. The van der Waals surface area contributed by atoms with Gasteiger partial charge < -0.3 is 23.9 Å². The molecule has 1 amide bonds. The summed E-state index contributed by atoms with van der Waals surface area (Å²) in [4.78, 5) is 27.7. The third kappa shape index (κ3) is 3.80.